The van der Waals surface area contributed by atoms with Gasteiger partial charge >= 0.3 is 0 Å². The van der Waals surface area contributed by atoms with Gasteiger partial charge in [-0.25, -0.2) is 0 Å². The molecule has 1 aliphatic carbocycles. The van der Waals surface area contributed by atoms with Gasteiger partial charge in [-0.3, -0.25) is 5.43 Å². The number of rotatable bonds is 3. The number of nitrogens with one attached hydrogen (secondary N) is 1. The van der Waals surface area contributed by atoms with Crippen LogP contribution in [0.5, 0.6) is 5.75 Å². The second kappa shape index (κ2) is 4.49. The minimum atomic E-state index is 0.102. The number of thiocarbonyl (C=S) groups is 1. The first-order valence-corrected chi connectivity index (χ1v) is 5.49. The molecule has 0 radical (unpaired) electrons. The standard InChI is InChI=1S/C11H13N3OS/c12-11(16)14-13-6-9-4-3-8(5-10(9)15)7-1-2-7/h3-7,15H,1-2H2,(H3,12,14,16). The molecule has 1 saturated carbocycles. The molecule has 0 amide bonds. The number of benzene rings is 1. The van der Waals surface area contributed by atoms with Crippen molar-refractivity contribution in [2.24, 2.45) is 10.8 Å². The Labute approximate surface area is 99.2 Å². The predicted octanol–water partition coefficient (Wildman–Crippen LogP) is 1.44. The second-order valence-electron chi connectivity index (χ2n) is 3.83. The lowest BCUT2D eigenvalue weighted by molar-refractivity contribution is 0.473. The second-order valence-corrected chi connectivity index (χ2v) is 4.27. The molecule has 0 spiro atoms. The van der Waals surface area contributed by atoms with Crippen molar-refractivity contribution in [1.29, 1.82) is 0 Å². The van der Waals surface area contributed by atoms with Gasteiger partial charge in [0.2, 0.25) is 0 Å². The van der Waals surface area contributed by atoms with Gasteiger partial charge in [0.15, 0.2) is 5.11 Å². The summed E-state index contributed by atoms with van der Waals surface area (Å²) in [4.78, 5) is 0. The number of phenolic OH excluding ortho intramolecular Hbond substituents is 1. The number of hydrazone groups is 1. The van der Waals surface area contributed by atoms with E-state index in [2.05, 4.69) is 22.7 Å². The molecule has 2 rings (SSSR count). The lowest BCUT2D eigenvalue weighted by Gasteiger charge is -2.02. The van der Waals surface area contributed by atoms with Crippen LogP contribution in [-0.2, 0) is 0 Å². The highest BCUT2D eigenvalue weighted by Crippen LogP contribution is 2.41. The Morgan fingerprint density at radius 2 is 2.31 bits per heavy atom. The van der Waals surface area contributed by atoms with Gasteiger partial charge in [-0.05, 0) is 48.7 Å². The Hall–Kier alpha value is -1.62. The van der Waals surface area contributed by atoms with Crippen LogP contribution in [0.15, 0.2) is 23.3 Å². The van der Waals surface area contributed by atoms with Gasteiger partial charge in [0.1, 0.15) is 5.75 Å². The summed E-state index contributed by atoms with van der Waals surface area (Å²) in [6.07, 6.45) is 3.93. The number of nitrogens with zero attached hydrogens (tertiary/aromatic N) is 1. The van der Waals surface area contributed by atoms with Crippen molar-refractivity contribution < 1.29 is 5.11 Å². The molecule has 0 heterocycles. The predicted molar refractivity (Wildman–Crippen MR) is 67.6 cm³/mol. The summed E-state index contributed by atoms with van der Waals surface area (Å²) in [6.45, 7) is 0. The van der Waals surface area contributed by atoms with E-state index in [1.54, 1.807) is 6.07 Å². The fourth-order valence-corrected chi connectivity index (χ4v) is 1.56. The van der Waals surface area contributed by atoms with Crippen molar-refractivity contribution in [3.63, 3.8) is 0 Å². The SMILES string of the molecule is NC(=S)NN=Cc1ccc(C2CC2)cc1O. The quantitative estimate of drug-likeness (QED) is 0.421. The van der Waals surface area contributed by atoms with Crippen LogP contribution < -0.4 is 11.2 Å². The molecule has 0 aliphatic heterocycles. The number of nitrogens with two attached hydrogens (primary N) is 1. The van der Waals surface area contributed by atoms with E-state index >= 15 is 0 Å². The van der Waals surface area contributed by atoms with Crippen LogP contribution in [0, 0.1) is 0 Å². The number of hydrogen-bond acceptors (Lipinski definition) is 3. The van der Waals surface area contributed by atoms with E-state index in [1.165, 1.54) is 24.6 Å². The fourth-order valence-electron chi connectivity index (χ4n) is 1.51. The lowest BCUT2D eigenvalue weighted by atomic mass is 10.1. The van der Waals surface area contributed by atoms with Gasteiger partial charge in [0, 0.05) is 5.56 Å². The first kappa shape index (κ1) is 10.9. The smallest absolute Gasteiger partial charge is 0.184 e. The zero-order chi connectivity index (χ0) is 11.5. The van der Waals surface area contributed by atoms with Crippen LogP contribution in [-0.4, -0.2) is 16.4 Å². The zero-order valence-corrected chi connectivity index (χ0v) is 9.50. The minimum Gasteiger partial charge on any atom is -0.507 e. The van der Waals surface area contributed by atoms with Crippen molar-refractivity contribution in [3.8, 4) is 5.75 Å². The molecule has 16 heavy (non-hydrogen) atoms. The van der Waals surface area contributed by atoms with Crippen LogP contribution >= 0.6 is 12.2 Å². The summed E-state index contributed by atoms with van der Waals surface area (Å²) >= 11 is 4.60. The Morgan fingerprint density at radius 3 is 2.88 bits per heavy atom. The molecule has 0 bridgehead atoms. The number of aromatic hydroxyl groups is 1. The van der Waals surface area contributed by atoms with Gasteiger partial charge in [-0.2, -0.15) is 5.10 Å². The third-order valence-electron chi connectivity index (χ3n) is 2.48. The van der Waals surface area contributed by atoms with Crippen LogP contribution in [0.2, 0.25) is 0 Å². The van der Waals surface area contributed by atoms with Crippen molar-refractivity contribution in [1.82, 2.24) is 5.43 Å². The largest absolute Gasteiger partial charge is 0.507 e. The molecule has 0 aromatic heterocycles. The summed E-state index contributed by atoms with van der Waals surface area (Å²) in [5.41, 5.74) is 9.49. The van der Waals surface area contributed by atoms with Gasteiger partial charge in [0.25, 0.3) is 0 Å². The molecular weight excluding hydrogens is 222 g/mol. The average molecular weight is 235 g/mol. The lowest BCUT2D eigenvalue weighted by Crippen LogP contribution is -2.23. The van der Waals surface area contributed by atoms with E-state index in [4.69, 9.17) is 5.73 Å². The Bertz CT molecular complexity index is 441. The molecule has 1 fully saturated rings. The van der Waals surface area contributed by atoms with Crippen molar-refractivity contribution >= 4 is 23.5 Å². The molecule has 4 N–H and O–H groups in total. The van der Waals surface area contributed by atoms with E-state index in [1.807, 2.05) is 12.1 Å². The monoisotopic (exact) mass is 235 g/mol. The van der Waals surface area contributed by atoms with Gasteiger partial charge in [-0.15, -0.1) is 0 Å². The van der Waals surface area contributed by atoms with Crippen LogP contribution in [0.3, 0.4) is 0 Å². The molecule has 1 aromatic carbocycles. The zero-order valence-electron chi connectivity index (χ0n) is 8.68. The topological polar surface area (TPSA) is 70.6 Å². The minimum absolute atomic E-state index is 0.102. The Morgan fingerprint density at radius 1 is 1.56 bits per heavy atom. The Kier molecular flexibility index (Phi) is 3.05. The maximum Gasteiger partial charge on any atom is 0.184 e. The van der Waals surface area contributed by atoms with E-state index in [0.717, 1.165) is 0 Å². The molecule has 5 heteroatoms. The summed E-state index contributed by atoms with van der Waals surface area (Å²) in [5, 5.41) is 13.6. The van der Waals surface area contributed by atoms with E-state index < -0.39 is 0 Å². The summed E-state index contributed by atoms with van der Waals surface area (Å²) < 4.78 is 0. The van der Waals surface area contributed by atoms with Gasteiger partial charge in [0.05, 0.1) is 6.21 Å². The summed E-state index contributed by atoms with van der Waals surface area (Å²) in [7, 11) is 0. The maximum absolute atomic E-state index is 9.75. The molecular formula is C11H13N3OS. The Balaban J connectivity index is 2.09. The molecule has 0 saturated heterocycles. The van der Waals surface area contributed by atoms with Crippen LogP contribution in [0.1, 0.15) is 29.9 Å². The van der Waals surface area contributed by atoms with Gasteiger partial charge in [-0.1, -0.05) is 6.07 Å². The highest BCUT2D eigenvalue weighted by Gasteiger charge is 2.23. The van der Waals surface area contributed by atoms with Crippen LogP contribution in [0.4, 0.5) is 0 Å². The van der Waals surface area contributed by atoms with E-state index in [9.17, 15) is 5.11 Å². The normalized spacial score (nSPS) is 15.2. The highest BCUT2D eigenvalue weighted by atomic mass is 32.1. The van der Waals surface area contributed by atoms with E-state index in [0.29, 0.717) is 11.5 Å². The first-order valence-electron chi connectivity index (χ1n) is 5.08. The van der Waals surface area contributed by atoms with Crippen molar-refractivity contribution in [2.45, 2.75) is 18.8 Å². The molecule has 84 valence electrons. The highest BCUT2D eigenvalue weighted by molar-refractivity contribution is 7.80. The summed E-state index contributed by atoms with van der Waals surface area (Å²) in [6, 6.07) is 5.65. The number of hydrogen-bond donors (Lipinski definition) is 3. The third kappa shape index (κ3) is 2.70. The molecule has 0 unspecified atom stereocenters. The first-order chi connectivity index (χ1) is 7.66. The summed E-state index contributed by atoms with van der Waals surface area (Å²) in [5.74, 6) is 0.865. The van der Waals surface area contributed by atoms with Crippen molar-refractivity contribution in [3.05, 3.63) is 29.3 Å². The molecule has 0 atom stereocenters. The number of phenols is 1. The fraction of sp³-hybridized carbons (Fsp3) is 0.273. The molecule has 1 aromatic rings. The van der Waals surface area contributed by atoms with E-state index in [-0.39, 0.29) is 10.9 Å². The molecule has 4 nitrogen and oxygen atoms in total. The van der Waals surface area contributed by atoms with Crippen molar-refractivity contribution in [2.75, 3.05) is 0 Å². The maximum atomic E-state index is 9.75. The van der Waals surface area contributed by atoms with Gasteiger partial charge < -0.3 is 10.8 Å². The van der Waals surface area contributed by atoms with Crippen LogP contribution in [0.25, 0.3) is 0 Å². The molecule has 1 aliphatic rings. The third-order valence-corrected chi connectivity index (χ3v) is 2.57. The average Bonchev–Trinajstić information content (AvgIpc) is 3.03.